The number of hydrogen-bond donors (Lipinski definition) is 0. The first-order valence-electron chi connectivity index (χ1n) is 12.1. The molecule has 30 heavy (non-hydrogen) atoms. The van der Waals surface area contributed by atoms with Crippen LogP contribution in [0.5, 0.6) is 0 Å². The SMILES string of the molecule is CCCC[P+](CCCC)(CCCC)CCC(=O)OCc1ccc(C(C)CC)cc1.[Cl-]. The first-order chi connectivity index (χ1) is 14.0. The van der Waals surface area contributed by atoms with E-state index in [1.165, 1.54) is 62.6 Å². The van der Waals surface area contributed by atoms with E-state index >= 15 is 0 Å². The van der Waals surface area contributed by atoms with Crippen molar-refractivity contribution in [2.45, 2.75) is 98.5 Å². The van der Waals surface area contributed by atoms with Crippen LogP contribution < -0.4 is 12.4 Å². The number of halogens is 1. The molecular weight excluding hydrogens is 411 g/mol. The minimum atomic E-state index is -1.02. The Morgan fingerprint density at radius 2 is 1.37 bits per heavy atom. The van der Waals surface area contributed by atoms with Crippen molar-refractivity contribution in [2.24, 2.45) is 0 Å². The summed E-state index contributed by atoms with van der Waals surface area (Å²) >= 11 is 0. The van der Waals surface area contributed by atoms with Crippen molar-refractivity contribution in [3.63, 3.8) is 0 Å². The van der Waals surface area contributed by atoms with Gasteiger partial charge in [-0.2, -0.15) is 0 Å². The van der Waals surface area contributed by atoms with Gasteiger partial charge in [0.2, 0.25) is 0 Å². The molecule has 1 aromatic rings. The summed E-state index contributed by atoms with van der Waals surface area (Å²) in [5, 5.41) is 0. The Bertz CT molecular complexity index is 537. The second kappa shape index (κ2) is 17.0. The zero-order chi connectivity index (χ0) is 21.5. The topological polar surface area (TPSA) is 26.3 Å². The van der Waals surface area contributed by atoms with Crippen LogP contribution in [-0.2, 0) is 16.1 Å². The maximum absolute atomic E-state index is 12.5. The van der Waals surface area contributed by atoms with Crippen LogP contribution in [0.25, 0.3) is 0 Å². The third kappa shape index (κ3) is 11.1. The van der Waals surface area contributed by atoms with Crippen molar-refractivity contribution in [1.82, 2.24) is 0 Å². The average Bonchev–Trinajstić information content (AvgIpc) is 2.76. The smallest absolute Gasteiger partial charge is 0.309 e. The Morgan fingerprint density at radius 3 is 1.80 bits per heavy atom. The van der Waals surface area contributed by atoms with Crippen LogP contribution in [0.15, 0.2) is 24.3 Å². The highest BCUT2D eigenvalue weighted by molar-refractivity contribution is 7.75. The Balaban J connectivity index is 0.00000841. The molecule has 0 N–H and O–H groups in total. The second-order valence-corrected chi connectivity index (χ2v) is 13.2. The van der Waals surface area contributed by atoms with Crippen LogP contribution in [0, 0.1) is 0 Å². The van der Waals surface area contributed by atoms with E-state index in [1.807, 2.05) is 0 Å². The predicted molar refractivity (Wildman–Crippen MR) is 131 cm³/mol. The number of benzene rings is 1. The number of carbonyl (C=O) groups excluding carboxylic acids is 1. The molecule has 4 heteroatoms. The quantitative estimate of drug-likeness (QED) is 0.257. The van der Waals surface area contributed by atoms with Gasteiger partial charge >= 0.3 is 5.97 Å². The van der Waals surface area contributed by atoms with Gasteiger partial charge in [0.05, 0.1) is 31.1 Å². The number of ether oxygens (including phenoxy) is 1. The van der Waals surface area contributed by atoms with Crippen molar-refractivity contribution in [2.75, 3.05) is 24.6 Å². The fraction of sp³-hybridized carbons (Fsp3) is 0.731. The van der Waals surface area contributed by atoms with Gasteiger partial charge in [0, 0.05) is 7.26 Å². The molecule has 0 aliphatic rings. The molecule has 174 valence electrons. The minimum absolute atomic E-state index is 0. The molecule has 0 amide bonds. The molecule has 0 saturated carbocycles. The van der Waals surface area contributed by atoms with E-state index in [4.69, 9.17) is 4.74 Å². The van der Waals surface area contributed by atoms with Gasteiger partial charge in [0.25, 0.3) is 0 Å². The van der Waals surface area contributed by atoms with Crippen LogP contribution in [0.4, 0.5) is 0 Å². The van der Waals surface area contributed by atoms with E-state index in [9.17, 15) is 4.79 Å². The van der Waals surface area contributed by atoms with Crippen LogP contribution in [-0.4, -0.2) is 30.6 Å². The van der Waals surface area contributed by atoms with E-state index in [-0.39, 0.29) is 18.4 Å². The zero-order valence-electron chi connectivity index (χ0n) is 20.2. The van der Waals surface area contributed by atoms with Crippen LogP contribution in [0.1, 0.15) is 103 Å². The van der Waals surface area contributed by atoms with Gasteiger partial charge in [-0.15, -0.1) is 0 Å². The van der Waals surface area contributed by atoms with Crippen LogP contribution >= 0.6 is 7.26 Å². The number of rotatable bonds is 16. The van der Waals surface area contributed by atoms with Crippen molar-refractivity contribution in [1.29, 1.82) is 0 Å². The summed E-state index contributed by atoms with van der Waals surface area (Å²) in [4.78, 5) is 12.5. The molecule has 0 radical (unpaired) electrons. The molecule has 0 aliphatic carbocycles. The van der Waals surface area contributed by atoms with Gasteiger partial charge in [0.1, 0.15) is 6.61 Å². The summed E-state index contributed by atoms with van der Waals surface area (Å²) in [6.45, 7) is 11.7. The van der Waals surface area contributed by atoms with E-state index in [2.05, 4.69) is 58.9 Å². The summed E-state index contributed by atoms with van der Waals surface area (Å²) in [5.74, 6) is 0.572. The van der Waals surface area contributed by atoms with Gasteiger partial charge in [-0.05, 0) is 42.7 Å². The molecule has 0 saturated heterocycles. The summed E-state index contributed by atoms with van der Waals surface area (Å²) in [6, 6.07) is 8.56. The second-order valence-electron chi connectivity index (χ2n) is 8.76. The molecule has 0 aromatic heterocycles. The number of hydrogen-bond acceptors (Lipinski definition) is 2. The lowest BCUT2D eigenvalue weighted by atomic mass is 9.98. The third-order valence-corrected chi connectivity index (χ3v) is 11.3. The van der Waals surface area contributed by atoms with Gasteiger partial charge in [-0.25, -0.2) is 0 Å². The van der Waals surface area contributed by atoms with E-state index in [0.717, 1.165) is 18.1 Å². The highest BCUT2D eigenvalue weighted by atomic mass is 35.5. The standard InChI is InChI=1S/C26H46O2P.ClH/c1-6-10-18-29(19-11-7-2,20-12-8-3)21-17-26(27)28-22-24-13-15-25(16-14-24)23(5)9-4;/h13-16,23H,6-12,17-22H2,1-5H3;1H/q+1;/p-1. The van der Waals surface area contributed by atoms with Crippen molar-refractivity contribution < 1.29 is 21.9 Å². The lowest BCUT2D eigenvalue weighted by Gasteiger charge is -2.27. The van der Waals surface area contributed by atoms with E-state index in [1.54, 1.807) is 0 Å². The molecule has 0 bridgehead atoms. The molecule has 1 unspecified atom stereocenters. The molecule has 0 heterocycles. The van der Waals surface area contributed by atoms with Gasteiger partial charge in [-0.3, -0.25) is 4.79 Å². The molecule has 2 nitrogen and oxygen atoms in total. The molecule has 1 rings (SSSR count). The summed E-state index contributed by atoms with van der Waals surface area (Å²) in [5.41, 5.74) is 2.45. The molecule has 1 atom stereocenters. The molecule has 0 fully saturated rings. The van der Waals surface area contributed by atoms with Gasteiger partial charge in [-0.1, -0.05) is 78.1 Å². The number of carbonyl (C=O) groups is 1. The Hall–Kier alpha value is -0.590. The average molecular weight is 457 g/mol. The summed E-state index contributed by atoms with van der Waals surface area (Å²) < 4.78 is 5.64. The minimum Gasteiger partial charge on any atom is -1.00 e. The summed E-state index contributed by atoms with van der Waals surface area (Å²) in [7, 11) is -1.02. The first kappa shape index (κ1) is 29.4. The maximum Gasteiger partial charge on any atom is 0.309 e. The van der Waals surface area contributed by atoms with Gasteiger partial charge < -0.3 is 17.1 Å². The highest BCUT2D eigenvalue weighted by Gasteiger charge is 2.35. The number of esters is 1. The Kier molecular flexibility index (Phi) is 16.7. The van der Waals surface area contributed by atoms with Crippen LogP contribution in [0.2, 0.25) is 0 Å². The fourth-order valence-corrected chi connectivity index (χ4v) is 8.85. The molecule has 1 aromatic carbocycles. The fourth-order valence-electron chi connectivity index (χ4n) is 3.89. The lowest BCUT2D eigenvalue weighted by molar-refractivity contribution is -0.144. The lowest BCUT2D eigenvalue weighted by Crippen LogP contribution is -3.00. The van der Waals surface area contributed by atoms with Crippen molar-refractivity contribution >= 4 is 13.2 Å². The molecular formula is C26H46ClO2P. The normalized spacial score (nSPS) is 12.3. The largest absolute Gasteiger partial charge is 1.00 e. The Morgan fingerprint density at radius 1 is 0.867 bits per heavy atom. The number of unbranched alkanes of at least 4 members (excludes halogenated alkanes) is 3. The maximum atomic E-state index is 12.5. The zero-order valence-corrected chi connectivity index (χ0v) is 21.9. The molecule has 0 aliphatic heterocycles. The van der Waals surface area contributed by atoms with Gasteiger partial charge in [0.15, 0.2) is 0 Å². The summed E-state index contributed by atoms with van der Waals surface area (Å²) in [6.07, 6.45) is 14.7. The monoisotopic (exact) mass is 456 g/mol. The first-order valence-corrected chi connectivity index (χ1v) is 14.6. The van der Waals surface area contributed by atoms with E-state index < -0.39 is 7.26 Å². The third-order valence-electron chi connectivity index (χ3n) is 6.31. The predicted octanol–water partition coefficient (Wildman–Crippen LogP) is 5.06. The molecule has 0 spiro atoms. The van der Waals surface area contributed by atoms with Crippen molar-refractivity contribution in [3.05, 3.63) is 35.4 Å². The highest BCUT2D eigenvalue weighted by Crippen LogP contribution is 2.61. The van der Waals surface area contributed by atoms with E-state index in [0.29, 0.717) is 18.9 Å². The van der Waals surface area contributed by atoms with Crippen molar-refractivity contribution in [3.8, 4) is 0 Å². The Labute approximate surface area is 193 Å². The van der Waals surface area contributed by atoms with Crippen LogP contribution in [0.3, 0.4) is 0 Å².